The van der Waals surface area contributed by atoms with Crippen LogP contribution in [0.15, 0.2) is 72.4 Å². The number of nitrogens with zero attached hydrogens (tertiary/aromatic N) is 1. The lowest BCUT2D eigenvalue weighted by Gasteiger charge is -2.14. The molecule has 1 aliphatic carbocycles. The molecule has 0 radical (unpaired) electrons. The number of pyridine rings is 1. The van der Waals surface area contributed by atoms with Crippen molar-refractivity contribution in [3.8, 4) is 0 Å². The summed E-state index contributed by atoms with van der Waals surface area (Å²) in [5.41, 5.74) is 6.78. The Morgan fingerprint density at radius 1 is 1.19 bits per heavy atom. The predicted octanol–water partition coefficient (Wildman–Crippen LogP) is 6.63. The minimum atomic E-state index is -0.169. The SMILES string of the molecule is CC.CCC=CCC1C=CC(N)=C(F)C1.Cc1nccc2ccccc12. The van der Waals surface area contributed by atoms with Gasteiger partial charge in [-0.3, -0.25) is 4.98 Å². The van der Waals surface area contributed by atoms with Gasteiger partial charge in [0.1, 0.15) is 5.83 Å². The lowest BCUT2D eigenvalue weighted by atomic mass is 9.95. The van der Waals surface area contributed by atoms with Crippen LogP contribution in [-0.2, 0) is 0 Å². The van der Waals surface area contributed by atoms with E-state index in [4.69, 9.17) is 5.73 Å². The minimum absolute atomic E-state index is 0.169. The number of aromatic nitrogens is 1. The summed E-state index contributed by atoms with van der Waals surface area (Å²) < 4.78 is 13.0. The summed E-state index contributed by atoms with van der Waals surface area (Å²) in [7, 11) is 0. The molecule has 0 fully saturated rings. The molecular weight excluding hydrogens is 323 g/mol. The Morgan fingerprint density at radius 3 is 2.58 bits per heavy atom. The molecule has 0 amide bonds. The molecule has 3 heteroatoms. The van der Waals surface area contributed by atoms with E-state index in [1.165, 1.54) is 10.8 Å². The van der Waals surface area contributed by atoms with Crippen LogP contribution in [0, 0.1) is 12.8 Å². The first-order valence-electron chi connectivity index (χ1n) is 9.39. The Kier molecular flexibility index (Phi) is 9.99. The van der Waals surface area contributed by atoms with E-state index in [9.17, 15) is 4.39 Å². The van der Waals surface area contributed by atoms with Gasteiger partial charge in [-0.05, 0) is 43.2 Å². The number of hydrogen-bond donors (Lipinski definition) is 1. The van der Waals surface area contributed by atoms with Crippen LogP contribution in [0.5, 0.6) is 0 Å². The average molecular weight is 355 g/mol. The lowest BCUT2D eigenvalue weighted by molar-refractivity contribution is 0.507. The maximum absolute atomic E-state index is 13.0. The molecule has 140 valence electrons. The van der Waals surface area contributed by atoms with Crippen LogP contribution in [0.3, 0.4) is 0 Å². The summed E-state index contributed by atoms with van der Waals surface area (Å²) in [6.07, 6.45) is 12.1. The molecule has 2 N–H and O–H groups in total. The molecule has 1 atom stereocenters. The van der Waals surface area contributed by atoms with E-state index in [2.05, 4.69) is 36.2 Å². The number of nitrogens with two attached hydrogens (primary N) is 1. The van der Waals surface area contributed by atoms with Crippen LogP contribution in [0.25, 0.3) is 10.8 Å². The van der Waals surface area contributed by atoms with E-state index >= 15 is 0 Å². The van der Waals surface area contributed by atoms with Gasteiger partial charge in [0.05, 0.1) is 5.70 Å². The molecule has 3 rings (SSSR count). The van der Waals surface area contributed by atoms with Crippen molar-refractivity contribution < 1.29 is 4.39 Å². The standard InChI is InChI=1S/C11H16FN.C10H9N.C2H6/c1-2-3-4-5-9-6-7-11(13)10(12)8-9;1-8-10-5-3-2-4-9(10)6-7-11-8;1-2/h3-4,6-7,9H,2,5,8,13H2,1H3;2-7H,1H3;1-2H3. The lowest BCUT2D eigenvalue weighted by Crippen LogP contribution is -2.07. The molecule has 2 nitrogen and oxygen atoms in total. The number of benzene rings is 1. The highest BCUT2D eigenvalue weighted by molar-refractivity contribution is 5.83. The van der Waals surface area contributed by atoms with E-state index < -0.39 is 0 Å². The summed E-state index contributed by atoms with van der Waals surface area (Å²) in [6.45, 7) is 8.12. The summed E-state index contributed by atoms with van der Waals surface area (Å²) in [5.74, 6) is 0.118. The first kappa shape index (κ1) is 21.6. The second-order valence-corrected chi connectivity index (χ2v) is 5.92. The van der Waals surface area contributed by atoms with Crippen LogP contribution < -0.4 is 5.73 Å². The first-order chi connectivity index (χ1) is 12.6. The fourth-order valence-corrected chi connectivity index (χ4v) is 2.62. The maximum atomic E-state index is 13.0. The van der Waals surface area contributed by atoms with Gasteiger partial charge in [-0.25, -0.2) is 4.39 Å². The second kappa shape index (κ2) is 12.0. The molecule has 0 saturated carbocycles. The van der Waals surface area contributed by atoms with Crippen molar-refractivity contribution in [2.24, 2.45) is 11.7 Å². The summed E-state index contributed by atoms with van der Waals surface area (Å²) in [6, 6.07) is 10.3. The van der Waals surface area contributed by atoms with Gasteiger partial charge < -0.3 is 5.73 Å². The van der Waals surface area contributed by atoms with Crippen LogP contribution in [-0.4, -0.2) is 4.98 Å². The molecule has 1 aromatic carbocycles. The number of halogens is 1. The van der Waals surface area contributed by atoms with Crippen molar-refractivity contribution in [1.29, 1.82) is 0 Å². The number of rotatable bonds is 3. The zero-order valence-corrected chi connectivity index (χ0v) is 16.4. The van der Waals surface area contributed by atoms with Gasteiger partial charge in [-0.2, -0.15) is 0 Å². The van der Waals surface area contributed by atoms with Gasteiger partial charge in [0.2, 0.25) is 0 Å². The van der Waals surface area contributed by atoms with Gasteiger partial charge in [0.15, 0.2) is 0 Å². The van der Waals surface area contributed by atoms with Crippen molar-refractivity contribution >= 4 is 10.8 Å². The van der Waals surface area contributed by atoms with Crippen molar-refractivity contribution in [1.82, 2.24) is 4.98 Å². The topological polar surface area (TPSA) is 38.9 Å². The van der Waals surface area contributed by atoms with Crippen molar-refractivity contribution in [3.05, 3.63) is 78.1 Å². The fraction of sp³-hybridized carbons (Fsp3) is 0.348. The molecule has 1 unspecified atom stereocenters. The molecule has 2 aromatic rings. The Balaban J connectivity index is 0.000000239. The Morgan fingerprint density at radius 2 is 1.92 bits per heavy atom. The number of fused-ring (bicyclic) bond motifs is 1. The van der Waals surface area contributed by atoms with Gasteiger partial charge in [0, 0.05) is 23.7 Å². The van der Waals surface area contributed by atoms with Crippen LogP contribution >= 0.6 is 0 Å². The molecule has 1 aliphatic rings. The molecule has 1 aromatic heterocycles. The zero-order chi connectivity index (χ0) is 19.4. The Bertz CT molecular complexity index is 754. The highest BCUT2D eigenvalue weighted by atomic mass is 19.1. The van der Waals surface area contributed by atoms with E-state index in [0.29, 0.717) is 6.42 Å². The molecule has 0 spiro atoms. The highest BCUT2D eigenvalue weighted by Gasteiger charge is 2.13. The summed E-state index contributed by atoms with van der Waals surface area (Å²) in [4.78, 5) is 4.21. The molecule has 0 aliphatic heterocycles. The largest absolute Gasteiger partial charge is 0.397 e. The Labute approximate surface area is 157 Å². The third-order valence-electron chi connectivity index (χ3n) is 4.02. The van der Waals surface area contributed by atoms with E-state index in [1.54, 1.807) is 6.08 Å². The zero-order valence-electron chi connectivity index (χ0n) is 16.4. The van der Waals surface area contributed by atoms with Crippen molar-refractivity contribution in [2.45, 2.75) is 47.0 Å². The molecule has 26 heavy (non-hydrogen) atoms. The smallest absolute Gasteiger partial charge is 0.123 e. The third-order valence-corrected chi connectivity index (χ3v) is 4.02. The van der Waals surface area contributed by atoms with E-state index in [0.717, 1.165) is 18.5 Å². The van der Waals surface area contributed by atoms with Crippen molar-refractivity contribution in [2.75, 3.05) is 0 Å². The van der Waals surface area contributed by atoms with E-state index in [-0.39, 0.29) is 17.4 Å². The monoisotopic (exact) mass is 354 g/mol. The van der Waals surface area contributed by atoms with Gasteiger partial charge >= 0.3 is 0 Å². The van der Waals surface area contributed by atoms with Crippen LogP contribution in [0.1, 0.15) is 45.7 Å². The maximum Gasteiger partial charge on any atom is 0.123 e. The first-order valence-corrected chi connectivity index (χ1v) is 9.39. The predicted molar refractivity (Wildman–Crippen MR) is 111 cm³/mol. The molecule has 0 bridgehead atoms. The quantitative estimate of drug-likeness (QED) is 0.628. The van der Waals surface area contributed by atoms with Gasteiger partial charge in [-0.1, -0.05) is 63.3 Å². The normalized spacial score (nSPS) is 16.1. The second-order valence-electron chi connectivity index (χ2n) is 5.92. The Hall–Kier alpha value is -2.42. The average Bonchev–Trinajstić information content (AvgIpc) is 2.67. The molecular formula is C23H31FN2. The fourth-order valence-electron chi connectivity index (χ4n) is 2.62. The number of hydrogen-bond acceptors (Lipinski definition) is 2. The van der Waals surface area contributed by atoms with Crippen molar-refractivity contribution in [3.63, 3.8) is 0 Å². The summed E-state index contributed by atoms with van der Waals surface area (Å²) >= 11 is 0. The highest BCUT2D eigenvalue weighted by Crippen LogP contribution is 2.24. The minimum Gasteiger partial charge on any atom is -0.397 e. The van der Waals surface area contributed by atoms with Crippen LogP contribution in [0.4, 0.5) is 4.39 Å². The molecule has 0 saturated heterocycles. The summed E-state index contributed by atoms with van der Waals surface area (Å²) in [5, 5.41) is 2.51. The van der Waals surface area contributed by atoms with Gasteiger partial charge in [0.25, 0.3) is 0 Å². The molecule has 1 heterocycles. The number of aryl methyl sites for hydroxylation is 1. The van der Waals surface area contributed by atoms with Crippen LogP contribution in [0.2, 0.25) is 0 Å². The number of allylic oxidation sites excluding steroid dienone is 5. The third kappa shape index (κ3) is 6.83. The van der Waals surface area contributed by atoms with Gasteiger partial charge in [-0.15, -0.1) is 0 Å². The van der Waals surface area contributed by atoms with E-state index in [1.807, 2.05) is 51.2 Å².